The number of H-pyrrole nitrogens is 1. The van der Waals surface area contributed by atoms with Crippen LogP contribution in [0.5, 0.6) is 0 Å². The predicted octanol–water partition coefficient (Wildman–Crippen LogP) is 3.58. The first-order chi connectivity index (χ1) is 13.2. The van der Waals surface area contributed by atoms with Crippen LogP contribution in [0.4, 0.5) is 0 Å². The number of hydrogen-bond acceptors (Lipinski definition) is 3. The normalized spacial score (nSPS) is 21.1. The largest absolute Gasteiger partial charge is 0.361 e. The minimum atomic E-state index is 0.135. The Morgan fingerprint density at radius 1 is 1.33 bits per heavy atom. The van der Waals surface area contributed by atoms with Crippen LogP contribution >= 0.6 is 0 Å². The van der Waals surface area contributed by atoms with Gasteiger partial charge in [0.15, 0.2) is 0 Å². The lowest BCUT2D eigenvalue weighted by Gasteiger charge is -2.42. The van der Waals surface area contributed by atoms with E-state index in [1.807, 2.05) is 36.8 Å². The Labute approximate surface area is 158 Å². The summed E-state index contributed by atoms with van der Waals surface area (Å²) in [6, 6.07) is 7.90. The van der Waals surface area contributed by atoms with Gasteiger partial charge in [0.25, 0.3) is 5.91 Å². The van der Waals surface area contributed by atoms with E-state index in [0.717, 1.165) is 48.3 Å². The predicted molar refractivity (Wildman–Crippen MR) is 104 cm³/mol. The van der Waals surface area contributed by atoms with Gasteiger partial charge in [0.1, 0.15) is 12.2 Å². The number of likely N-dealkylation sites (tertiary alicyclic amines) is 1. The maximum atomic E-state index is 13.4. The van der Waals surface area contributed by atoms with Crippen LogP contribution in [-0.2, 0) is 6.54 Å². The van der Waals surface area contributed by atoms with Crippen LogP contribution < -0.4 is 0 Å². The second-order valence-corrected chi connectivity index (χ2v) is 8.08. The molecule has 1 aliphatic heterocycles. The smallest absolute Gasteiger partial charge is 0.254 e. The standard InChI is InChI=1S/C21H25N5O/c1-2-11-25-14-23-24-19(25)17-12-26(13-21(17)8-4-9-21)20(27)16-5-3-6-18-15(16)7-10-22-18/h3,5-7,10,14,17,22H,2,4,8-9,11-13H2,1H3. The average molecular weight is 363 g/mol. The van der Waals surface area contributed by atoms with E-state index >= 15 is 0 Å². The molecule has 0 radical (unpaired) electrons. The molecular weight excluding hydrogens is 338 g/mol. The minimum Gasteiger partial charge on any atom is -0.361 e. The number of aromatic amines is 1. The summed E-state index contributed by atoms with van der Waals surface area (Å²) in [6.07, 6.45) is 8.39. The Morgan fingerprint density at radius 2 is 2.22 bits per heavy atom. The Bertz CT molecular complexity index is 983. The van der Waals surface area contributed by atoms with Gasteiger partial charge in [0.05, 0.1) is 0 Å². The summed E-state index contributed by atoms with van der Waals surface area (Å²) < 4.78 is 2.19. The van der Waals surface area contributed by atoms with Gasteiger partial charge in [-0.05, 0) is 42.9 Å². The number of aromatic nitrogens is 4. The molecule has 3 heterocycles. The summed E-state index contributed by atoms with van der Waals surface area (Å²) in [5.41, 5.74) is 1.98. The summed E-state index contributed by atoms with van der Waals surface area (Å²) >= 11 is 0. The Kier molecular flexibility index (Phi) is 3.81. The number of nitrogens with zero attached hydrogens (tertiary/aromatic N) is 4. The molecule has 5 rings (SSSR count). The van der Waals surface area contributed by atoms with Crippen molar-refractivity contribution in [2.45, 2.75) is 45.1 Å². The summed E-state index contributed by atoms with van der Waals surface area (Å²) in [5, 5.41) is 9.65. The number of nitrogens with one attached hydrogen (secondary N) is 1. The van der Waals surface area contributed by atoms with Gasteiger partial charge in [-0.15, -0.1) is 10.2 Å². The summed E-state index contributed by atoms with van der Waals surface area (Å²) in [6.45, 7) is 4.68. The zero-order valence-corrected chi connectivity index (χ0v) is 15.7. The van der Waals surface area contributed by atoms with Gasteiger partial charge in [-0.1, -0.05) is 19.4 Å². The molecule has 1 saturated carbocycles. The molecule has 27 heavy (non-hydrogen) atoms. The number of rotatable bonds is 4. The molecular formula is C21H25N5O. The number of benzene rings is 1. The highest BCUT2D eigenvalue weighted by Crippen LogP contribution is 2.55. The van der Waals surface area contributed by atoms with Crippen molar-refractivity contribution in [3.8, 4) is 0 Å². The SMILES string of the molecule is CCCn1cnnc1C1CN(C(=O)c2cccc3[nH]ccc23)CC12CCC2. The number of aryl methyl sites for hydroxylation is 1. The van der Waals surface area contributed by atoms with Crippen molar-refractivity contribution in [3.63, 3.8) is 0 Å². The molecule has 1 saturated heterocycles. The monoisotopic (exact) mass is 363 g/mol. The number of fused-ring (bicyclic) bond motifs is 1. The molecule has 1 atom stereocenters. The molecule has 6 nitrogen and oxygen atoms in total. The first-order valence-electron chi connectivity index (χ1n) is 9.95. The molecule has 2 fully saturated rings. The molecule has 0 bridgehead atoms. The Morgan fingerprint density at radius 3 is 3.00 bits per heavy atom. The van der Waals surface area contributed by atoms with E-state index in [-0.39, 0.29) is 17.2 Å². The summed E-state index contributed by atoms with van der Waals surface area (Å²) in [4.78, 5) is 18.6. The van der Waals surface area contributed by atoms with Crippen molar-refractivity contribution < 1.29 is 4.79 Å². The van der Waals surface area contributed by atoms with Crippen molar-refractivity contribution in [1.29, 1.82) is 0 Å². The van der Waals surface area contributed by atoms with E-state index in [1.54, 1.807) is 0 Å². The first-order valence-corrected chi connectivity index (χ1v) is 9.95. The number of hydrogen-bond donors (Lipinski definition) is 1. The van der Waals surface area contributed by atoms with Crippen LogP contribution in [-0.4, -0.2) is 43.6 Å². The zero-order valence-electron chi connectivity index (χ0n) is 15.7. The van der Waals surface area contributed by atoms with Crippen LogP contribution in [0, 0.1) is 5.41 Å². The molecule has 1 unspecified atom stereocenters. The average Bonchev–Trinajstić information content (AvgIpc) is 3.37. The topological polar surface area (TPSA) is 66.8 Å². The molecule has 3 aromatic rings. The van der Waals surface area contributed by atoms with Gasteiger partial charge in [-0.3, -0.25) is 4.79 Å². The van der Waals surface area contributed by atoms with Crippen molar-refractivity contribution >= 4 is 16.8 Å². The van der Waals surface area contributed by atoms with E-state index in [4.69, 9.17) is 0 Å². The van der Waals surface area contributed by atoms with E-state index in [1.165, 1.54) is 19.3 Å². The van der Waals surface area contributed by atoms with Crippen LogP contribution in [0.1, 0.15) is 54.7 Å². The van der Waals surface area contributed by atoms with E-state index in [2.05, 4.69) is 31.6 Å². The van der Waals surface area contributed by atoms with Gasteiger partial charge >= 0.3 is 0 Å². The lowest BCUT2D eigenvalue weighted by atomic mass is 9.62. The van der Waals surface area contributed by atoms with Gasteiger partial charge in [-0.25, -0.2) is 0 Å². The number of amides is 1. The molecule has 1 aromatic carbocycles. The van der Waals surface area contributed by atoms with Crippen LogP contribution in [0.25, 0.3) is 10.9 Å². The fourth-order valence-electron chi connectivity index (χ4n) is 5.01. The maximum absolute atomic E-state index is 13.4. The fraction of sp³-hybridized carbons (Fsp3) is 0.476. The highest BCUT2D eigenvalue weighted by molar-refractivity contribution is 6.06. The van der Waals surface area contributed by atoms with E-state index < -0.39 is 0 Å². The van der Waals surface area contributed by atoms with Crippen LogP contribution in [0.2, 0.25) is 0 Å². The number of carbonyl (C=O) groups is 1. The number of carbonyl (C=O) groups excluding carboxylic acids is 1. The fourth-order valence-corrected chi connectivity index (χ4v) is 5.01. The lowest BCUT2D eigenvalue weighted by Crippen LogP contribution is -2.38. The molecule has 1 amide bonds. The molecule has 1 aliphatic carbocycles. The maximum Gasteiger partial charge on any atom is 0.254 e. The third-order valence-electron chi connectivity index (χ3n) is 6.53. The quantitative estimate of drug-likeness (QED) is 0.770. The van der Waals surface area contributed by atoms with Crippen molar-refractivity contribution in [2.75, 3.05) is 13.1 Å². The highest BCUT2D eigenvalue weighted by Gasteiger charge is 2.53. The molecule has 140 valence electrons. The van der Waals surface area contributed by atoms with Gasteiger partial charge in [0, 0.05) is 48.2 Å². The summed E-state index contributed by atoms with van der Waals surface area (Å²) in [7, 11) is 0. The molecule has 1 N–H and O–H groups in total. The Hall–Kier alpha value is -2.63. The van der Waals surface area contributed by atoms with Crippen molar-refractivity contribution in [2.24, 2.45) is 5.41 Å². The molecule has 2 aromatic heterocycles. The lowest BCUT2D eigenvalue weighted by molar-refractivity contribution is 0.0725. The van der Waals surface area contributed by atoms with Crippen LogP contribution in [0.3, 0.4) is 0 Å². The van der Waals surface area contributed by atoms with E-state index in [0.29, 0.717) is 0 Å². The summed E-state index contributed by atoms with van der Waals surface area (Å²) in [5.74, 6) is 1.48. The third kappa shape index (κ3) is 2.50. The highest BCUT2D eigenvalue weighted by atomic mass is 16.2. The second-order valence-electron chi connectivity index (χ2n) is 8.08. The van der Waals surface area contributed by atoms with Gasteiger partial charge in [-0.2, -0.15) is 0 Å². The first kappa shape index (κ1) is 16.5. The molecule has 2 aliphatic rings. The molecule has 6 heteroatoms. The van der Waals surface area contributed by atoms with Crippen molar-refractivity contribution in [3.05, 3.63) is 48.2 Å². The molecule has 1 spiro atoms. The third-order valence-corrected chi connectivity index (χ3v) is 6.53. The van der Waals surface area contributed by atoms with E-state index in [9.17, 15) is 4.79 Å². The minimum absolute atomic E-state index is 0.135. The zero-order chi connectivity index (χ0) is 18.4. The van der Waals surface area contributed by atoms with Crippen molar-refractivity contribution in [1.82, 2.24) is 24.6 Å². The van der Waals surface area contributed by atoms with Gasteiger partial charge < -0.3 is 14.5 Å². The second kappa shape index (κ2) is 6.22. The Balaban J connectivity index is 1.48. The van der Waals surface area contributed by atoms with Gasteiger partial charge in [0.2, 0.25) is 0 Å². The van der Waals surface area contributed by atoms with Crippen LogP contribution in [0.15, 0.2) is 36.8 Å².